The molecular formula is C24H30FN5O2. The second-order valence-corrected chi connectivity index (χ2v) is 9.12. The van der Waals surface area contributed by atoms with E-state index < -0.39 is 0 Å². The number of hydrogen-bond acceptors (Lipinski definition) is 5. The standard InChI is InChI=1S/C24H30FN5O2/c1-24(2,3)21-16-22-27-19(23(31)26-9-6-10-29-11-13-32-14-12-29)15-20(30(22)28-21)17-7-4-5-8-18(17)25/h4-5,7-8,15-16H,6,9-14H2,1-3H3,(H,26,31). The zero-order valence-corrected chi connectivity index (χ0v) is 18.9. The van der Waals surface area contributed by atoms with Crippen LogP contribution in [0, 0.1) is 5.82 Å². The van der Waals surface area contributed by atoms with E-state index in [0.717, 1.165) is 45.0 Å². The highest BCUT2D eigenvalue weighted by molar-refractivity contribution is 5.94. The van der Waals surface area contributed by atoms with Gasteiger partial charge in [-0.3, -0.25) is 9.69 Å². The highest BCUT2D eigenvalue weighted by Crippen LogP contribution is 2.27. The monoisotopic (exact) mass is 439 g/mol. The van der Waals surface area contributed by atoms with Gasteiger partial charge in [0.05, 0.1) is 24.6 Å². The van der Waals surface area contributed by atoms with Crippen LogP contribution in [0.3, 0.4) is 0 Å². The Morgan fingerprint density at radius 2 is 1.94 bits per heavy atom. The van der Waals surface area contributed by atoms with Crippen LogP contribution >= 0.6 is 0 Å². The molecule has 32 heavy (non-hydrogen) atoms. The quantitative estimate of drug-likeness (QED) is 0.597. The number of carbonyl (C=O) groups is 1. The average Bonchev–Trinajstić information content (AvgIpc) is 3.22. The molecule has 0 aliphatic carbocycles. The lowest BCUT2D eigenvalue weighted by Crippen LogP contribution is -2.38. The summed E-state index contributed by atoms with van der Waals surface area (Å²) >= 11 is 0. The van der Waals surface area contributed by atoms with E-state index in [2.05, 4.69) is 41.1 Å². The van der Waals surface area contributed by atoms with Gasteiger partial charge in [0, 0.05) is 36.7 Å². The van der Waals surface area contributed by atoms with Crippen molar-refractivity contribution in [1.29, 1.82) is 0 Å². The van der Waals surface area contributed by atoms with Gasteiger partial charge in [-0.15, -0.1) is 0 Å². The predicted octanol–water partition coefficient (Wildman–Crippen LogP) is 3.29. The molecule has 1 N–H and O–H groups in total. The van der Waals surface area contributed by atoms with Crippen molar-refractivity contribution in [2.75, 3.05) is 39.4 Å². The summed E-state index contributed by atoms with van der Waals surface area (Å²) in [5.74, 6) is -0.643. The number of nitrogens with zero attached hydrogens (tertiary/aromatic N) is 4. The van der Waals surface area contributed by atoms with Gasteiger partial charge in [-0.05, 0) is 31.2 Å². The molecule has 3 heterocycles. The molecular weight excluding hydrogens is 409 g/mol. The lowest BCUT2D eigenvalue weighted by Gasteiger charge is -2.26. The zero-order chi connectivity index (χ0) is 22.7. The molecule has 7 nitrogen and oxygen atoms in total. The molecule has 1 aromatic carbocycles. The van der Waals surface area contributed by atoms with Crippen LogP contribution < -0.4 is 5.32 Å². The van der Waals surface area contributed by atoms with Gasteiger partial charge in [-0.2, -0.15) is 5.10 Å². The van der Waals surface area contributed by atoms with Gasteiger partial charge in [0.25, 0.3) is 5.91 Å². The van der Waals surface area contributed by atoms with Crippen molar-refractivity contribution < 1.29 is 13.9 Å². The molecule has 4 rings (SSSR count). The minimum Gasteiger partial charge on any atom is -0.379 e. The van der Waals surface area contributed by atoms with Crippen molar-refractivity contribution in [3.8, 4) is 11.3 Å². The minimum absolute atomic E-state index is 0.206. The van der Waals surface area contributed by atoms with Crippen LogP contribution in [0.5, 0.6) is 0 Å². The topological polar surface area (TPSA) is 71.8 Å². The Balaban J connectivity index is 1.58. The molecule has 0 radical (unpaired) electrons. The minimum atomic E-state index is -0.371. The molecule has 170 valence electrons. The third-order valence-corrected chi connectivity index (χ3v) is 5.62. The van der Waals surface area contributed by atoms with Gasteiger partial charge in [-0.25, -0.2) is 13.9 Å². The third-order valence-electron chi connectivity index (χ3n) is 5.62. The molecule has 0 atom stereocenters. The van der Waals surface area contributed by atoms with Gasteiger partial charge >= 0.3 is 0 Å². The molecule has 0 spiro atoms. The lowest BCUT2D eigenvalue weighted by atomic mass is 9.93. The highest BCUT2D eigenvalue weighted by Gasteiger charge is 2.22. The Morgan fingerprint density at radius 3 is 2.66 bits per heavy atom. The maximum Gasteiger partial charge on any atom is 0.270 e. The first-order valence-corrected chi connectivity index (χ1v) is 11.1. The number of benzene rings is 1. The van der Waals surface area contributed by atoms with Crippen molar-refractivity contribution in [2.45, 2.75) is 32.6 Å². The summed E-state index contributed by atoms with van der Waals surface area (Å²) in [4.78, 5) is 19.7. The molecule has 8 heteroatoms. The van der Waals surface area contributed by atoms with Crippen LogP contribution in [0.15, 0.2) is 36.4 Å². The van der Waals surface area contributed by atoms with Crippen LogP contribution in [-0.4, -0.2) is 64.8 Å². The van der Waals surface area contributed by atoms with E-state index in [1.54, 1.807) is 28.8 Å². The van der Waals surface area contributed by atoms with E-state index in [-0.39, 0.29) is 22.8 Å². The number of nitrogens with one attached hydrogen (secondary N) is 1. The molecule has 1 amide bonds. The zero-order valence-electron chi connectivity index (χ0n) is 18.9. The maximum atomic E-state index is 14.6. The number of halogens is 1. The van der Waals surface area contributed by atoms with Gasteiger partial charge in [-0.1, -0.05) is 32.9 Å². The number of rotatable bonds is 6. The normalized spacial score (nSPS) is 15.2. The van der Waals surface area contributed by atoms with Crippen LogP contribution in [0.4, 0.5) is 4.39 Å². The molecule has 1 saturated heterocycles. The number of hydrogen-bond donors (Lipinski definition) is 1. The SMILES string of the molecule is CC(C)(C)c1cc2nc(C(=O)NCCCN3CCOCC3)cc(-c3ccccc3F)n2n1. The highest BCUT2D eigenvalue weighted by atomic mass is 19.1. The number of ether oxygens (including phenoxy) is 1. The van der Waals surface area contributed by atoms with E-state index in [0.29, 0.717) is 23.4 Å². The van der Waals surface area contributed by atoms with Crippen LogP contribution in [-0.2, 0) is 10.2 Å². The average molecular weight is 440 g/mol. The van der Waals surface area contributed by atoms with E-state index in [1.165, 1.54) is 6.07 Å². The van der Waals surface area contributed by atoms with Gasteiger partial charge in [0.1, 0.15) is 11.5 Å². The number of fused-ring (bicyclic) bond motifs is 1. The smallest absolute Gasteiger partial charge is 0.270 e. The third kappa shape index (κ3) is 4.97. The fourth-order valence-corrected chi connectivity index (χ4v) is 3.74. The molecule has 0 unspecified atom stereocenters. The van der Waals surface area contributed by atoms with Gasteiger partial charge in [0.2, 0.25) is 0 Å². The van der Waals surface area contributed by atoms with Crippen molar-refractivity contribution in [2.24, 2.45) is 0 Å². The first-order valence-electron chi connectivity index (χ1n) is 11.1. The van der Waals surface area contributed by atoms with Crippen molar-refractivity contribution in [3.63, 3.8) is 0 Å². The first-order chi connectivity index (χ1) is 15.3. The summed E-state index contributed by atoms with van der Waals surface area (Å²) in [7, 11) is 0. The molecule has 0 saturated carbocycles. The van der Waals surface area contributed by atoms with Gasteiger partial charge in [0.15, 0.2) is 5.65 Å². The molecule has 1 aliphatic rings. The molecule has 0 bridgehead atoms. The summed E-state index contributed by atoms with van der Waals surface area (Å²) in [6, 6.07) is 9.97. The fraction of sp³-hybridized carbons (Fsp3) is 0.458. The number of morpholine rings is 1. The second-order valence-electron chi connectivity index (χ2n) is 9.12. The number of amides is 1. The Morgan fingerprint density at radius 1 is 1.19 bits per heavy atom. The van der Waals surface area contributed by atoms with Crippen LogP contribution in [0.2, 0.25) is 0 Å². The van der Waals surface area contributed by atoms with Crippen molar-refractivity contribution in [1.82, 2.24) is 24.8 Å². The van der Waals surface area contributed by atoms with Crippen molar-refractivity contribution >= 4 is 11.6 Å². The predicted molar refractivity (Wildman–Crippen MR) is 121 cm³/mol. The van der Waals surface area contributed by atoms with Gasteiger partial charge < -0.3 is 10.1 Å². The fourth-order valence-electron chi connectivity index (χ4n) is 3.74. The van der Waals surface area contributed by atoms with Crippen molar-refractivity contribution in [3.05, 3.63) is 53.6 Å². The maximum absolute atomic E-state index is 14.6. The van der Waals surface area contributed by atoms with E-state index >= 15 is 0 Å². The summed E-state index contributed by atoms with van der Waals surface area (Å²) in [5, 5.41) is 7.62. The Hall–Kier alpha value is -2.84. The lowest BCUT2D eigenvalue weighted by molar-refractivity contribution is 0.0374. The molecule has 1 aliphatic heterocycles. The summed E-state index contributed by atoms with van der Waals surface area (Å²) < 4.78 is 21.6. The summed E-state index contributed by atoms with van der Waals surface area (Å²) in [6.45, 7) is 11.0. The largest absolute Gasteiger partial charge is 0.379 e. The number of carbonyl (C=O) groups excluding carboxylic acids is 1. The Bertz CT molecular complexity index is 1100. The molecule has 1 fully saturated rings. The van der Waals surface area contributed by atoms with Crippen LogP contribution in [0.25, 0.3) is 16.9 Å². The molecule has 2 aromatic heterocycles. The Labute approximate surface area is 187 Å². The second kappa shape index (κ2) is 9.34. The Kier molecular flexibility index (Phi) is 6.53. The summed E-state index contributed by atoms with van der Waals surface area (Å²) in [6.07, 6.45) is 0.842. The van der Waals surface area contributed by atoms with Crippen LogP contribution in [0.1, 0.15) is 43.4 Å². The van der Waals surface area contributed by atoms with E-state index in [1.807, 2.05) is 6.07 Å². The first kappa shape index (κ1) is 22.4. The summed E-state index contributed by atoms with van der Waals surface area (Å²) in [5.41, 5.74) is 2.27. The molecule has 3 aromatic rings. The van der Waals surface area contributed by atoms with E-state index in [9.17, 15) is 9.18 Å². The number of aromatic nitrogens is 3. The van der Waals surface area contributed by atoms with E-state index in [4.69, 9.17) is 4.74 Å².